The molecule has 5 nitrogen and oxygen atoms in total. The van der Waals surface area contributed by atoms with Crippen molar-refractivity contribution in [3.05, 3.63) is 24.2 Å². The van der Waals surface area contributed by atoms with Gasteiger partial charge in [0.2, 0.25) is 0 Å². The van der Waals surface area contributed by atoms with Crippen molar-refractivity contribution in [1.29, 1.82) is 0 Å². The van der Waals surface area contributed by atoms with E-state index in [1.807, 2.05) is 0 Å². The summed E-state index contributed by atoms with van der Waals surface area (Å²) in [5, 5.41) is 2.64. The second kappa shape index (κ2) is 6.99. The third kappa shape index (κ3) is 4.36. The fourth-order valence-electron chi connectivity index (χ4n) is 2.16. The lowest BCUT2D eigenvalue weighted by Gasteiger charge is -2.36. The highest BCUT2D eigenvalue weighted by Crippen LogP contribution is 2.24. The van der Waals surface area contributed by atoms with Crippen LogP contribution in [0.4, 0.5) is 22.4 Å². The van der Waals surface area contributed by atoms with Gasteiger partial charge in [0.25, 0.3) is 0 Å². The van der Waals surface area contributed by atoms with Gasteiger partial charge in [0.1, 0.15) is 5.76 Å². The van der Waals surface area contributed by atoms with Gasteiger partial charge >= 0.3 is 18.4 Å². The Bertz CT molecular complexity index is 474. The number of carbonyl (C=O) groups excluding carboxylic acids is 1. The smallest absolute Gasteiger partial charge is 0.319 e. The second-order valence-corrected chi connectivity index (χ2v) is 5.06. The first-order chi connectivity index (χ1) is 10.4. The fraction of sp³-hybridized carbons (Fsp3) is 0.615. The predicted octanol–water partition coefficient (Wildman–Crippen LogP) is 2.01. The number of halogens is 4. The van der Waals surface area contributed by atoms with E-state index < -0.39 is 18.9 Å². The molecule has 22 heavy (non-hydrogen) atoms. The van der Waals surface area contributed by atoms with Crippen LogP contribution in [0.2, 0.25) is 0 Å². The Morgan fingerprint density at radius 2 is 2.00 bits per heavy atom. The third-order valence-corrected chi connectivity index (χ3v) is 3.41. The van der Waals surface area contributed by atoms with E-state index in [2.05, 4.69) is 5.32 Å². The molecule has 0 aliphatic carbocycles. The highest BCUT2D eigenvalue weighted by molar-refractivity contribution is 5.74. The molecule has 0 saturated carbocycles. The summed E-state index contributed by atoms with van der Waals surface area (Å²) in [7, 11) is 0. The topological polar surface area (TPSA) is 48.7 Å². The van der Waals surface area contributed by atoms with Gasteiger partial charge < -0.3 is 14.6 Å². The molecule has 0 unspecified atom stereocenters. The maximum Gasteiger partial charge on any atom is 0.319 e. The number of nitrogens with zero attached hydrogens (tertiary/aromatic N) is 2. The molecular weight excluding hydrogens is 306 g/mol. The molecule has 124 valence electrons. The van der Waals surface area contributed by atoms with Crippen LogP contribution in [-0.2, 0) is 6.54 Å². The van der Waals surface area contributed by atoms with Gasteiger partial charge in [-0.3, -0.25) is 4.90 Å². The molecule has 1 aliphatic heterocycles. The van der Waals surface area contributed by atoms with Crippen LogP contribution in [0.1, 0.15) is 5.76 Å². The van der Waals surface area contributed by atoms with Crippen LogP contribution in [0, 0.1) is 0 Å². The summed E-state index contributed by atoms with van der Waals surface area (Å²) in [6.45, 7) is -0.0679. The highest BCUT2D eigenvalue weighted by atomic mass is 19.3. The summed E-state index contributed by atoms with van der Waals surface area (Å²) in [5.74, 6) is -3.42. The van der Waals surface area contributed by atoms with E-state index in [0.29, 0.717) is 5.76 Å². The van der Waals surface area contributed by atoms with E-state index in [1.165, 1.54) is 16.1 Å². The van der Waals surface area contributed by atoms with Gasteiger partial charge in [0, 0.05) is 26.2 Å². The number of alkyl halides is 4. The van der Waals surface area contributed by atoms with Crippen LogP contribution in [0.3, 0.4) is 0 Å². The van der Waals surface area contributed by atoms with Gasteiger partial charge in [-0.25, -0.2) is 13.6 Å². The zero-order valence-electron chi connectivity index (χ0n) is 11.8. The lowest BCUT2D eigenvalue weighted by molar-refractivity contribution is -0.144. The molecule has 2 rings (SSSR count). The fourth-order valence-corrected chi connectivity index (χ4v) is 2.16. The van der Waals surface area contributed by atoms with E-state index >= 15 is 0 Å². The number of urea groups is 1. The number of furan rings is 1. The average Bonchev–Trinajstić information content (AvgIpc) is 2.98. The maximum absolute atomic E-state index is 13.0. The van der Waals surface area contributed by atoms with Crippen molar-refractivity contribution in [3.63, 3.8) is 0 Å². The quantitative estimate of drug-likeness (QED) is 0.843. The summed E-state index contributed by atoms with van der Waals surface area (Å²) in [6, 6.07) is 3.07. The first kappa shape index (κ1) is 16.6. The molecule has 1 aliphatic rings. The summed E-state index contributed by atoms with van der Waals surface area (Å²) < 4.78 is 55.3. The molecule has 0 spiro atoms. The molecular formula is C13H17F4N3O2. The van der Waals surface area contributed by atoms with Crippen molar-refractivity contribution in [1.82, 2.24) is 15.1 Å². The summed E-state index contributed by atoms with van der Waals surface area (Å²) in [4.78, 5) is 14.6. The van der Waals surface area contributed by atoms with Crippen LogP contribution in [0.5, 0.6) is 0 Å². The number of rotatable bonds is 5. The van der Waals surface area contributed by atoms with Crippen LogP contribution < -0.4 is 5.32 Å². The summed E-state index contributed by atoms with van der Waals surface area (Å²) in [5.41, 5.74) is 0. The standard InChI is InChI=1S/C13H17F4N3O2/c14-11(15)13(16,17)9-19-3-5-20(6-4-19)12(21)18-8-10-2-1-7-22-10/h1-2,7,11H,3-6,8-9H2,(H,18,21). The molecule has 0 aromatic carbocycles. The first-order valence-electron chi connectivity index (χ1n) is 6.82. The van der Waals surface area contributed by atoms with E-state index in [4.69, 9.17) is 4.42 Å². The van der Waals surface area contributed by atoms with Crippen LogP contribution in [0.25, 0.3) is 0 Å². The Morgan fingerprint density at radius 3 is 2.55 bits per heavy atom. The molecule has 1 fully saturated rings. The van der Waals surface area contributed by atoms with Gasteiger partial charge in [0.15, 0.2) is 0 Å². The minimum Gasteiger partial charge on any atom is -0.467 e. The third-order valence-electron chi connectivity index (χ3n) is 3.41. The highest BCUT2D eigenvalue weighted by Gasteiger charge is 2.42. The zero-order chi connectivity index (χ0) is 16.2. The maximum atomic E-state index is 13.0. The lowest BCUT2D eigenvalue weighted by atomic mass is 10.2. The van der Waals surface area contributed by atoms with Gasteiger partial charge in [0.05, 0.1) is 19.4 Å². The summed E-state index contributed by atoms with van der Waals surface area (Å²) in [6.07, 6.45) is -2.19. The first-order valence-corrected chi connectivity index (χ1v) is 6.82. The molecule has 0 radical (unpaired) electrons. The Labute approximate surface area is 124 Å². The van der Waals surface area contributed by atoms with E-state index in [-0.39, 0.29) is 38.8 Å². The van der Waals surface area contributed by atoms with Crippen molar-refractivity contribution in [3.8, 4) is 0 Å². The molecule has 1 saturated heterocycles. The SMILES string of the molecule is O=C(NCc1ccco1)N1CCN(CC(F)(F)C(F)F)CC1. The van der Waals surface area contributed by atoms with Crippen molar-refractivity contribution >= 4 is 6.03 Å². The van der Waals surface area contributed by atoms with E-state index in [0.717, 1.165) is 0 Å². The predicted molar refractivity (Wildman–Crippen MR) is 69.9 cm³/mol. The largest absolute Gasteiger partial charge is 0.467 e. The number of nitrogens with one attached hydrogen (secondary N) is 1. The number of amides is 2. The molecule has 0 bridgehead atoms. The van der Waals surface area contributed by atoms with Gasteiger partial charge in [-0.15, -0.1) is 0 Å². The number of hydrogen-bond donors (Lipinski definition) is 1. The molecule has 1 aromatic rings. The van der Waals surface area contributed by atoms with Crippen LogP contribution in [0.15, 0.2) is 22.8 Å². The Balaban J connectivity index is 1.73. The van der Waals surface area contributed by atoms with Crippen LogP contribution in [-0.4, -0.2) is 60.9 Å². The second-order valence-electron chi connectivity index (χ2n) is 5.06. The number of hydrogen-bond acceptors (Lipinski definition) is 3. The van der Waals surface area contributed by atoms with Gasteiger partial charge in [-0.2, -0.15) is 8.78 Å². The molecule has 1 aromatic heterocycles. The summed E-state index contributed by atoms with van der Waals surface area (Å²) >= 11 is 0. The van der Waals surface area contributed by atoms with E-state index in [1.54, 1.807) is 12.1 Å². The number of piperazine rings is 1. The molecule has 1 N–H and O–H groups in total. The van der Waals surface area contributed by atoms with E-state index in [9.17, 15) is 22.4 Å². The molecule has 2 heterocycles. The monoisotopic (exact) mass is 323 g/mol. The van der Waals surface area contributed by atoms with Gasteiger partial charge in [-0.1, -0.05) is 0 Å². The molecule has 0 atom stereocenters. The average molecular weight is 323 g/mol. The Hall–Kier alpha value is -1.77. The van der Waals surface area contributed by atoms with Crippen molar-refractivity contribution in [2.75, 3.05) is 32.7 Å². The van der Waals surface area contributed by atoms with Crippen molar-refractivity contribution in [2.45, 2.75) is 18.9 Å². The Kier molecular flexibility index (Phi) is 5.28. The zero-order valence-corrected chi connectivity index (χ0v) is 11.8. The molecule has 9 heteroatoms. The Morgan fingerprint density at radius 1 is 1.32 bits per heavy atom. The number of carbonyl (C=O) groups is 1. The van der Waals surface area contributed by atoms with Crippen molar-refractivity contribution < 1.29 is 26.8 Å². The normalized spacial score (nSPS) is 17.0. The lowest BCUT2D eigenvalue weighted by Crippen LogP contribution is -2.54. The van der Waals surface area contributed by atoms with Crippen LogP contribution >= 0.6 is 0 Å². The minimum atomic E-state index is -4.02. The van der Waals surface area contributed by atoms with Crippen molar-refractivity contribution in [2.24, 2.45) is 0 Å². The minimum absolute atomic E-state index is 0.135. The molecule has 2 amide bonds. The van der Waals surface area contributed by atoms with Gasteiger partial charge in [-0.05, 0) is 12.1 Å².